The second-order valence-corrected chi connectivity index (χ2v) is 6.39. The van der Waals surface area contributed by atoms with Crippen molar-refractivity contribution < 1.29 is 4.21 Å². The van der Waals surface area contributed by atoms with Gasteiger partial charge in [0.15, 0.2) is 5.82 Å². The molecule has 0 fully saturated rings. The molecule has 0 radical (unpaired) electrons. The van der Waals surface area contributed by atoms with Crippen LogP contribution in [0.4, 0.5) is 0 Å². The molecule has 0 amide bonds. The van der Waals surface area contributed by atoms with Gasteiger partial charge in [-0.1, -0.05) is 24.3 Å². The highest BCUT2D eigenvalue weighted by molar-refractivity contribution is 7.86. The predicted molar refractivity (Wildman–Crippen MR) is 73.6 cm³/mol. The van der Waals surface area contributed by atoms with E-state index in [1.54, 1.807) is 4.68 Å². The van der Waals surface area contributed by atoms with Gasteiger partial charge in [0.1, 0.15) is 0 Å². The fourth-order valence-electron chi connectivity index (χ4n) is 1.65. The molecule has 96 valence electrons. The van der Waals surface area contributed by atoms with Crippen LogP contribution in [0, 0.1) is 0 Å². The van der Waals surface area contributed by atoms with Crippen molar-refractivity contribution in [2.24, 2.45) is 0 Å². The summed E-state index contributed by atoms with van der Waals surface area (Å²) in [6.45, 7) is 0. The Morgan fingerprint density at radius 1 is 1.16 bits per heavy atom. The average Bonchev–Trinajstić information content (AvgIpc) is 3.11. The molecule has 0 aliphatic carbocycles. The Morgan fingerprint density at radius 3 is 2.74 bits per heavy atom. The van der Waals surface area contributed by atoms with E-state index in [0.717, 1.165) is 9.90 Å². The molecular weight excluding hydrogens is 280 g/mol. The van der Waals surface area contributed by atoms with Crippen molar-refractivity contribution in [2.45, 2.75) is 9.96 Å². The Morgan fingerprint density at radius 2 is 2.00 bits per heavy atom. The Labute approximate surface area is 116 Å². The fraction of sp³-hybridized carbons (Fsp3) is 0.0833. The van der Waals surface area contributed by atoms with Gasteiger partial charge in [-0.15, -0.1) is 16.4 Å². The Kier molecular flexibility index (Phi) is 3.47. The third-order valence-electron chi connectivity index (χ3n) is 2.51. The lowest BCUT2D eigenvalue weighted by Crippen LogP contribution is -2.06. The summed E-state index contributed by atoms with van der Waals surface area (Å²) >= 11 is 1.48. The molecule has 19 heavy (non-hydrogen) atoms. The summed E-state index contributed by atoms with van der Waals surface area (Å²) in [7, 11) is -1.11. The van der Waals surface area contributed by atoms with E-state index in [2.05, 4.69) is 15.5 Å². The molecular formula is C12H10N4OS2. The van der Waals surface area contributed by atoms with Crippen LogP contribution in [0.2, 0.25) is 0 Å². The first-order valence-corrected chi connectivity index (χ1v) is 7.79. The molecule has 0 saturated heterocycles. The average molecular weight is 290 g/mol. The van der Waals surface area contributed by atoms with Gasteiger partial charge in [0.2, 0.25) is 0 Å². The molecule has 2 heterocycles. The summed E-state index contributed by atoms with van der Waals surface area (Å²) in [5.41, 5.74) is 0.866. The minimum Gasteiger partial charge on any atom is -0.253 e. The summed E-state index contributed by atoms with van der Waals surface area (Å²) in [5.74, 6) is 0.903. The summed E-state index contributed by atoms with van der Waals surface area (Å²) in [5, 5.41) is 13.5. The fourth-order valence-corrected chi connectivity index (χ4v) is 3.66. The number of nitrogens with zero attached hydrogens (tertiary/aromatic N) is 4. The quantitative estimate of drug-likeness (QED) is 0.737. The van der Waals surface area contributed by atoms with Crippen LogP contribution in [0.25, 0.3) is 5.69 Å². The van der Waals surface area contributed by atoms with Crippen LogP contribution < -0.4 is 0 Å². The van der Waals surface area contributed by atoms with Crippen LogP contribution in [0.15, 0.2) is 52.1 Å². The molecule has 0 N–H and O–H groups in total. The van der Waals surface area contributed by atoms with Crippen molar-refractivity contribution in [3.8, 4) is 5.69 Å². The smallest absolute Gasteiger partial charge is 0.169 e. The van der Waals surface area contributed by atoms with E-state index >= 15 is 0 Å². The monoisotopic (exact) mass is 290 g/mol. The van der Waals surface area contributed by atoms with Crippen LogP contribution in [0.3, 0.4) is 0 Å². The molecule has 3 rings (SSSR count). The second kappa shape index (κ2) is 5.41. The molecule has 1 atom stereocenters. The van der Waals surface area contributed by atoms with E-state index in [1.807, 2.05) is 47.8 Å². The van der Waals surface area contributed by atoms with Gasteiger partial charge in [-0.25, -0.2) is 0 Å². The van der Waals surface area contributed by atoms with Crippen molar-refractivity contribution in [3.63, 3.8) is 0 Å². The lowest BCUT2D eigenvalue weighted by atomic mass is 10.3. The highest BCUT2D eigenvalue weighted by atomic mass is 32.2. The molecule has 5 nitrogen and oxygen atoms in total. The Hall–Kier alpha value is -1.86. The van der Waals surface area contributed by atoms with Gasteiger partial charge in [0, 0.05) is 0 Å². The number of tetrazole rings is 1. The van der Waals surface area contributed by atoms with Crippen molar-refractivity contribution in [2.75, 3.05) is 0 Å². The van der Waals surface area contributed by atoms with Crippen LogP contribution in [-0.2, 0) is 16.6 Å². The van der Waals surface area contributed by atoms with Gasteiger partial charge in [-0.2, -0.15) is 4.68 Å². The number of hydrogen-bond acceptors (Lipinski definition) is 5. The maximum atomic E-state index is 12.2. The lowest BCUT2D eigenvalue weighted by molar-refractivity contribution is 0.681. The Bertz CT molecular complexity index is 679. The van der Waals surface area contributed by atoms with Crippen molar-refractivity contribution in [1.82, 2.24) is 20.2 Å². The number of thiophene rings is 1. The summed E-state index contributed by atoms with van der Waals surface area (Å²) in [6, 6.07) is 13.3. The van der Waals surface area contributed by atoms with Gasteiger partial charge in [0.05, 0.1) is 26.4 Å². The van der Waals surface area contributed by atoms with E-state index in [1.165, 1.54) is 11.3 Å². The standard InChI is InChI=1S/C12H10N4OS2/c17-19(12-7-4-8-18-12)9-11-13-14-15-16(11)10-5-2-1-3-6-10/h1-8H,9H2/t19-/m0/s1. The number of aromatic nitrogens is 4. The SMILES string of the molecule is O=[S@@](Cc1nnnn1-c1ccccc1)c1cccs1. The summed E-state index contributed by atoms with van der Waals surface area (Å²) in [4.78, 5) is 0. The predicted octanol–water partition coefficient (Wildman–Crippen LogP) is 2.03. The van der Waals surface area contributed by atoms with E-state index in [4.69, 9.17) is 0 Å². The van der Waals surface area contributed by atoms with Gasteiger partial charge < -0.3 is 0 Å². The normalized spacial score (nSPS) is 12.4. The van der Waals surface area contributed by atoms with Crippen LogP contribution in [-0.4, -0.2) is 24.4 Å². The third kappa shape index (κ3) is 2.61. The topological polar surface area (TPSA) is 60.7 Å². The first-order valence-electron chi connectivity index (χ1n) is 5.59. The molecule has 0 aliphatic heterocycles. The third-order valence-corrected chi connectivity index (χ3v) is 5.13. The molecule has 7 heteroatoms. The first-order chi connectivity index (χ1) is 9.34. The number of benzene rings is 1. The maximum Gasteiger partial charge on any atom is 0.169 e. The number of rotatable bonds is 4. The maximum absolute atomic E-state index is 12.2. The van der Waals surface area contributed by atoms with E-state index in [-0.39, 0.29) is 0 Å². The van der Waals surface area contributed by atoms with Crippen LogP contribution in [0.1, 0.15) is 5.82 Å². The zero-order valence-electron chi connectivity index (χ0n) is 9.84. The van der Waals surface area contributed by atoms with Crippen LogP contribution in [0.5, 0.6) is 0 Å². The summed E-state index contributed by atoms with van der Waals surface area (Å²) < 4.78 is 14.6. The molecule has 3 aromatic rings. The minimum absolute atomic E-state index is 0.308. The molecule has 0 bridgehead atoms. The lowest BCUT2D eigenvalue weighted by Gasteiger charge is -2.03. The molecule has 0 unspecified atom stereocenters. The van der Waals surface area contributed by atoms with E-state index in [9.17, 15) is 4.21 Å². The van der Waals surface area contributed by atoms with Crippen molar-refractivity contribution in [3.05, 3.63) is 53.7 Å². The Balaban J connectivity index is 1.87. The van der Waals surface area contributed by atoms with Gasteiger partial charge in [0.25, 0.3) is 0 Å². The number of hydrogen-bond donors (Lipinski definition) is 0. The highest BCUT2D eigenvalue weighted by Crippen LogP contribution is 2.17. The second-order valence-electron chi connectivity index (χ2n) is 3.76. The number of para-hydroxylation sites is 1. The minimum atomic E-state index is -1.11. The zero-order chi connectivity index (χ0) is 13.1. The van der Waals surface area contributed by atoms with Gasteiger partial charge in [-0.05, 0) is 34.0 Å². The van der Waals surface area contributed by atoms with Crippen molar-refractivity contribution >= 4 is 22.1 Å². The van der Waals surface area contributed by atoms with Crippen LogP contribution >= 0.6 is 11.3 Å². The van der Waals surface area contributed by atoms with E-state index < -0.39 is 10.8 Å². The largest absolute Gasteiger partial charge is 0.253 e. The molecule has 0 saturated carbocycles. The zero-order valence-corrected chi connectivity index (χ0v) is 11.5. The first kappa shape index (κ1) is 12.2. The molecule has 0 aliphatic rings. The molecule has 2 aromatic heterocycles. The van der Waals surface area contributed by atoms with E-state index in [0.29, 0.717) is 11.6 Å². The van der Waals surface area contributed by atoms with Gasteiger partial charge in [-0.3, -0.25) is 4.21 Å². The van der Waals surface area contributed by atoms with Crippen molar-refractivity contribution in [1.29, 1.82) is 0 Å². The molecule has 0 spiro atoms. The summed E-state index contributed by atoms with van der Waals surface area (Å²) in [6.07, 6.45) is 0. The highest BCUT2D eigenvalue weighted by Gasteiger charge is 2.13. The van der Waals surface area contributed by atoms with Gasteiger partial charge >= 0.3 is 0 Å². The molecule has 1 aromatic carbocycles.